The number of hydrogen-bond donors (Lipinski definition) is 3. The average molecular weight is 285 g/mol. The molecule has 0 aromatic heterocycles. The van der Waals surface area contributed by atoms with Gasteiger partial charge in [0.15, 0.2) is 0 Å². The maximum atomic E-state index is 10.5. The van der Waals surface area contributed by atoms with Crippen LogP contribution in [0.15, 0.2) is 36.4 Å². The zero-order valence-corrected chi connectivity index (χ0v) is 12.4. The lowest BCUT2D eigenvalue weighted by Crippen LogP contribution is -2.36. The fourth-order valence-corrected chi connectivity index (χ4v) is 3.31. The molecule has 1 saturated carbocycles. The third-order valence-corrected chi connectivity index (χ3v) is 4.58. The minimum Gasteiger partial charge on any atom is -0.507 e. The maximum absolute atomic E-state index is 10.5. The van der Waals surface area contributed by atoms with Crippen molar-refractivity contribution in [2.75, 3.05) is 0 Å². The topological polar surface area (TPSA) is 52.5 Å². The summed E-state index contributed by atoms with van der Waals surface area (Å²) in [6, 6.07) is 12.5. The van der Waals surface area contributed by atoms with Crippen LogP contribution in [0.2, 0.25) is 0 Å². The monoisotopic (exact) mass is 285 g/mol. The number of phenols is 1. The molecule has 3 rings (SSSR count). The lowest BCUT2D eigenvalue weighted by atomic mass is 9.92. The molecule has 1 aliphatic carbocycles. The molecule has 0 saturated heterocycles. The Bertz CT molecular complexity index is 618. The van der Waals surface area contributed by atoms with Crippen molar-refractivity contribution in [1.82, 2.24) is 5.32 Å². The van der Waals surface area contributed by atoms with Gasteiger partial charge in [0.05, 0.1) is 6.10 Å². The molecule has 0 amide bonds. The Morgan fingerprint density at radius 3 is 2.52 bits per heavy atom. The molecule has 3 N–H and O–H groups in total. The van der Waals surface area contributed by atoms with E-state index in [9.17, 15) is 10.2 Å². The Balaban J connectivity index is 1.78. The molecular formula is C18H23NO2. The highest BCUT2D eigenvalue weighted by Gasteiger charge is 2.22. The van der Waals surface area contributed by atoms with E-state index in [1.165, 1.54) is 0 Å². The number of nitrogens with one attached hydrogen (secondary N) is 1. The summed E-state index contributed by atoms with van der Waals surface area (Å²) in [7, 11) is 0. The number of hydrogen-bond acceptors (Lipinski definition) is 3. The smallest absolute Gasteiger partial charge is 0.128 e. The van der Waals surface area contributed by atoms with Crippen LogP contribution in [0.3, 0.4) is 0 Å². The first-order valence-electron chi connectivity index (χ1n) is 7.80. The van der Waals surface area contributed by atoms with E-state index < -0.39 is 0 Å². The molecule has 2 aromatic rings. The van der Waals surface area contributed by atoms with E-state index in [0.717, 1.165) is 42.0 Å². The molecule has 3 nitrogen and oxygen atoms in total. The van der Waals surface area contributed by atoms with Gasteiger partial charge in [-0.25, -0.2) is 0 Å². The van der Waals surface area contributed by atoms with Gasteiger partial charge in [0.1, 0.15) is 5.75 Å². The van der Waals surface area contributed by atoms with Crippen molar-refractivity contribution in [3.05, 3.63) is 42.0 Å². The zero-order chi connectivity index (χ0) is 14.8. The van der Waals surface area contributed by atoms with Gasteiger partial charge in [-0.05, 0) is 38.0 Å². The Labute approximate surface area is 125 Å². The molecule has 1 unspecified atom stereocenters. The number of benzene rings is 2. The van der Waals surface area contributed by atoms with Crippen LogP contribution in [0.4, 0.5) is 0 Å². The van der Waals surface area contributed by atoms with E-state index in [1.54, 1.807) is 0 Å². The Kier molecular flexibility index (Phi) is 4.13. The lowest BCUT2D eigenvalue weighted by Gasteiger charge is -2.29. The number of fused-ring (bicyclic) bond motifs is 1. The maximum Gasteiger partial charge on any atom is 0.128 e. The SMILES string of the molecule is CC(NC1CCC(O)CC1)c1ccc2ccccc2c1O. The van der Waals surface area contributed by atoms with Gasteiger partial charge in [-0.2, -0.15) is 0 Å². The molecule has 0 spiro atoms. The van der Waals surface area contributed by atoms with Crippen LogP contribution in [0, 0.1) is 0 Å². The summed E-state index contributed by atoms with van der Waals surface area (Å²) in [5.74, 6) is 0.379. The summed E-state index contributed by atoms with van der Waals surface area (Å²) in [4.78, 5) is 0. The predicted molar refractivity (Wildman–Crippen MR) is 85.4 cm³/mol. The Morgan fingerprint density at radius 1 is 1.05 bits per heavy atom. The summed E-state index contributed by atoms with van der Waals surface area (Å²) >= 11 is 0. The number of aromatic hydroxyl groups is 1. The highest BCUT2D eigenvalue weighted by atomic mass is 16.3. The van der Waals surface area contributed by atoms with Gasteiger partial charge >= 0.3 is 0 Å². The molecule has 1 atom stereocenters. The van der Waals surface area contributed by atoms with E-state index in [0.29, 0.717) is 11.8 Å². The quantitative estimate of drug-likeness (QED) is 0.809. The summed E-state index contributed by atoms with van der Waals surface area (Å²) in [5.41, 5.74) is 0.944. The normalized spacial score (nSPS) is 24.1. The molecule has 1 aliphatic rings. The van der Waals surface area contributed by atoms with Crippen molar-refractivity contribution in [1.29, 1.82) is 0 Å². The van der Waals surface area contributed by atoms with E-state index in [1.807, 2.05) is 30.3 Å². The summed E-state index contributed by atoms with van der Waals surface area (Å²) < 4.78 is 0. The van der Waals surface area contributed by atoms with Gasteiger partial charge in [0.25, 0.3) is 0 Å². The van der Waals surface area contributed by atoms with E-state index in [2.05, 4.69) is 18.3 Å². The van der Waals surface area contributed by atoms with E-state index in [-0.39, 0.29) is 12.1 Å². The third kappa shape index (κ3) is 3.04. The highest BCUT2D eigenvalue weighted by Crippen LogP contribution is 2.33. The standard InChI is InChI=1S/C18H23NO2/c1-12(19-14-7-9-15(20)10-8-14)16-11-6-13-4-2-3-5-17(13)18(16)21/h2-6,11-12,14-15,19-21H,7-10H2,1H3. The Hall–Kier alpha value is -1.58. The van der Waals surface area contributed by atoms with Crippen LogP contribution in [0.5, 0.6) is 5.75 Å². The molecule has 21 heavy (non-hydrogen) atoms. The lowest BCUT2D eigenvalue weighted by molar-refractivity contribution is 0.114. The van der Waals surface area contributed by atoms with Crippen molar-refractivity contribution < 1.29 is 10.2 Å². The number of phenolic OH excluding ortho intramolecular Hbond substituents is 1. The van der Waals surface area contributed by atoms with Crippen LogP contribution in [-0.2, 0) is 0 Å². The minimum atomic E-state index is -0.132. The van der Waals surface area contributed by atoms with Crippen LogP contribution in [0.1, 0.15) is 44.2 Å². The first kappa shape index (κ1) is 14.4. The molecule has 0 heterocycles. The van der Waals surface area contributed by atoms with Gasteiger partial charge in [-0.3, -0.25) is 0 Å². The predicted octanol–water partition coefficient (Wildman–Crippen LogP) is 3.50. The first-order chi connectivity index (χ1) is 10.1. The molecule has 112 valence electrons. The fraction of sp³-hybridized carbons (Fsp3) is 0.444. The van der Waals surface area contributed by atoms with Crippen LogP contribution >= 0.6 is 0 Å². The van der Waals surface area contributed by atoms with Crippen LogP contribution in [0.25, 0.3) is 10.8 Å². The average Bonchev–Trinajstić information content (AvgIpc) is 2.50. The van der Waals surface area contributed by atoms with Crippen molar-refractivity contribution in [2.45, 2.75) is 50.8 Å². The van der Waals surface area contributed by atoms with Gasteiger partial charge in [0.2, 0.25) is 0 Å². The second-order valence-corrected chi connectivity index (χ2v) is 6.12. The number of aliphatic hydroxyl groups excluding tert-OH is 1. The Morgan fingerprint density at radius 2 is 1.76 bits per heavy atom. The van der Waals surface area contributed by atoms with Crippen LogP contribution in [-0.4, -0.2) is 22.4 Å². The number of rotatable bonds is 3. The second-order valence-electron chi connectivity index (χ2n) is 6.12. The molecule has 0 radical (unpaired) electrons. The van der Waals surface area contributed by atoms with Crippen molar-refractivity contribution in [2.24, 2.45) is 0 Å². The first-order valence-corrected chi connectivity index (χ1v) is 7.80. The van der Waals surface area contributed by atoms with E-state index >= 15 is 0 Å². The summed E-state index contributed by atoms with van der Waals surface area (Å²) in [5, 5.41) is 25.6. The van der Waals surface area contributed by atoms with Gasteiger partial charge in [-0.15, -0.1) is 0 Å². The molecule has 1 fully saturated rings. The highest BCUT2D eigenvalue weighted by molar-refractivity contribution is 5.89. The zero-order valence-electron chi connectivity index (χ0n) is 12.4. The van der Waals surface area contributed by atoms with Crippen molar-refractivity contribution in [3.8, 4) is 5.75 Å². The minimum absolute atomic E-state index is 0.106. The molecule has 3 heteroatoms. The number of aliphatic hydroxyl groups is 1. The molecular weight excluding hydrogens is 262 g/mol. The van der Waals surface area contributed by atoms with Gasteiger partial charge in [0, 0.05) is 23.0 Å². The van der Waals surface area contributed by atoms with Crippen molar-refractivity contribution in [3.63, 3.8) is 0 Å². The van der Waals surface area contributed by atoms with Gasteiger partial charge < -0.3 is 15.5 Å². The molecule has 2 aromatic carbocycles. The fourth-order valence-electron chi connectivity index (χ4n) is 3.31. The largest absolute Gasteiger partial charge is 0.507 e. The molecule has 0 aliphatic heterocycles. The third-order valence-electron chi connectivity index (χ3n) is 4.58. The second kappa shape index (κ2) is 6.04. The van der Waals surface area contributed by atoms with Crippen LogP contribution < -0.4 is 5.32 Å². The van der Waals surface area contributed by atoms with Gasteiger partial charge in [-0.1, -0.05) is 36.4 Å². The van der Waals surface area contributed by atoms with E-state index in [4.69, 9.17) is 0 Å². The van der Waals surface area contributed by atoms with Crippen molar-refractivity contribution >= 4 is 10.8 Å². The summed E-state index contributed by atoms with van der Waals surface area (Å²) in [6.07, 6.45) is 3.61. The molecule has 0 bridgehead atoms. The summed E-state index contributed by atoms with van der Waals surface area (Å²) in [6.45, 7) is 2.09.